The summed E-state index contributed by atoms with van der Waals surface area (Å²) in [7, 11) is 0.432. The van der Waals surface area contributed by atoms with E-state index in [0.717, 1.165) is 28.4 Å². The van der Waals surface area contributed by atoms with E-state index < -0.39 is 11.0 Å². The van der Waals surface area contributed by atoms with Crippen LogP contribution < -0.4 is 9.46 Å². The Morgan fingerprint density at radius 1 is 1.13 bits per heavy atom. The number of halogens is 2. The lowest BCUT2D eigenvalue weighted by Crippen LogP contribution is -2.35. The van der Waals surface area contributed by atoms with Crippen molar-refractivity contribution in [3.8, 4) is 11.4 Å². The number of aromatic nitrogens is 2. The van der Waals surface area contributed by atoms with Crippen LogP contribution in [0.4, 0.5) is 0 Å². The predicted molar refractivity (Wildman–Crippen MR) is 129 cm³/mol. The molecule has 0 radical (unpaired) electrons. The third-order valence-electron chi connectivity index (χ3n) is 4.77. The standard InChI is InChI=1S/C23H27Cl2N3O2S/c1-15(27-31(29)23(2,3)4)21-14-18(12-16-6-9-19(30-5)10-7-16)28(26-21)22-11-8-17(24)13-20(22)25/h6-11,13-15,27H,12H2,1-5H3. The molecule has 0 spiro atoms. The number of methoxy groups -OCH3 is 1. The van der Waals surface area contributed by atoms with Gasteiger partial charge >= 0.3 is 0 Å². The second-order valence-corrected chi connectivity index (χ2v) is 11.2. The highest BCUT2D eigenvalue weighted by atomic mass is 35.5. The van der Waals surface area contributed by atoms with Crippen molar-refractivity contribution < 1.29 is 8.95 Å². The molecule has 0 saturated heterocycles. The highest BCUT2D eigenvalue weighted by Crippen LogP contribution is 2.28. The molecular weight excluding hydrogens is 453 g/mol. The van der Waals surface area contributed by atoms with Gasteiger partial charge in [-0.2, -0.15) is 5.10 Å². The van der Waals surface area contributed by atoms with E-state index in [1.54, 1.807) is 19.2 Å². The molecule has 5 nitrogen and oxygen atoms in total. The van der Waals surface area contributed by atoms with E-state index in [-0.39, 0.29) is 10.8 Å². The molecule has 0 aliphatic heterocycles. The third-order valence-corrected chi connectivity index (χ3v) is 6.99. The quantitative estimate of drug-likeness (QED) is 0.459. The molecule has 1 N–H and O–H groups in total. The van der Waals surface area contributed by atoms with Crippen molar-refractivity contribution in [1.29, 1.82) is 0 Å². The summed E-state index contributed by atoms with van der Waals surface area (Å²) in [6, 6.07) is 15.1. The van der Waals surface area contributed by atoms with Crippen LogP contribution in [0.1, 0.15) is 50.7 Å². The zero-order valence-corrected chi connectivity index (χ0v) is 20.6. The molecule has 0 saturated carbocycles. The molecule has 1 aromatic heterocycles. The van der Waals surface area contributed by atoms with Gasteiger partial charge in [0.15, 0.2) is 0 Å². The normalized spacial score (nSPS) is 13.8. The van der Waals surface area contributed by atoms with E-state index >= 15 is 0 Å². The lowest BCUT2D eigenvalue weighted by molar-refractivity contribution is 0.414. The lowest BCUT2D eigenvalue weighted by atomic mass is 10.1. The van der Waals surface area contributed by atoms with Gasteiger partial charge in [-0.05, 0) is 69.7 Å². The molecular formula is C23H27Cl2N3O2S. The summed E-state index contributed by atoms with van der Waals surface area (Å²) in [5.41, 5.74) is 3.59. The number of benzene rings is 2. The molecule has 0 bridgehead atoms. The maximum Gasteiger partial charge on any atom is 0.118 e. The van der Waals surface area contributed by atoms with Crippen LogP contribution >= 0.6 is 23.2 Å². The number of hydrogen-bond acceptors (Lipinski definition) is 3. The fourth-order valence-corrected chi connectivity index (χ4v) is 4.27. The molecule has 0 aliphatic carbocycles. The Bertz CT molecular complexity index is 1080. The topological polar surface area (TPSA) is 56.1 Å². The van der Waals surface area contributed by atoms with Crippen molar-refractivity contribution in [2.75, 3.05) is 7.11 Å². The van der Waals surface area contributed by atoms with Gasteiger partial charge in [-0.15, -0.1) is 0 Å². The monoisotopic (exact) mass is 479 g/mol. The first-order valence-electron chi connectivity index (χ1n) is 9.93. The van der Waals surface area contributed by atoms with E-state index in [1.165, 1.54) is 0 Å². The van der Waals surface area contributed by atoms with Gasteiger partial charge in [0.25, 0.3) is 0 Å². The third kappa shape index (κ3) is 5.89. The Labute approximate surface area is 196 Å². The fraction of sp³-hybridized carbons (Fsp3) is 0.348. The van der Waals surface area contributed by atoms with E-state index in [9.17, 15) is 4.21 Å². The average molecular weight is 480 g/mol. The molecule has 0 aliphatic rings. The van der Waals surface area contributed by atoms with Crippen LogP contribution in [0, 0.1) is 0 Å². The van der Waals surface area contributed by atoms with E-state index in [1.807, 2.05) is 68.8 Å². The molecule has 2 atom stereocenters. The smallest absolute Gasteiger partial charge is 0.118 e. The Balaban J connectivity index is 1.99. The minimum absolute atomic E-state index is 0.206. The summed E-state index contributed by atoms with van der Waals surface area (Å²) >= 11 is 12.6. The Morgan fingerprint density at radius 3 is 2.39 bits per heavy atom. The highest BCUT2D eigenvalue weighted by Gasteiger charge is 2.24. The van der Waals surface area contributed by atoms with Crippen LogP contribution in [0.25, 0.3) is 5.69 Å². The van der Waals surface area contributed by atoms with Gasteiger partial charge in [0.2, 0.25) is 0 Å². The molecule has 1 heterocycles. The minimum atomic E-state index is -1.22. The largest absolute Gasteiger partial charge is 0.497 e. The predicted octanol–water partition coefficient (Wildman–Crippen LogP) is 5.89. The summed E-state index contributed by atoms with van der Waals surface area (Å²) in [5.74, 6) is 0.807. The molecule has 0 fully saturated rings. The summed E-state index contributed by atoms with van der Waals surface area (Å²) in [6.45, 7) is 7.76. The van der Waals surface area contributed by atoms with Crippen molar-refractivity contribution in [2.45, 2.75) is 44.9 Å². The molecule has 8 heteroatoms. The van der Waals surface area contributed by atoms with Crippen LogP contribution in [0.2, 0.25) is 10.0 Å². The van der Waals surface area contributed by atoms with Crippen molar-refractivity contribution in [2.24, 2.45) is 0 Å². The Morgan fingerprint density at radius 2 is 1.81 bits per heavy atom. The van der Waals surface area contributed by atoms with Crippen molar-refractivity contribution >= 4 is 34.2 Å². The zero-order valence-electron chi connectivity index (χ0n) is 18.3. The summed E-state index contributed by atoms with van der Waals surface area (Å²) in [5, 5.41) is 5.88. The first-order valence-corrected chi connectivity index (χ1v) is 11.8. The number of ether oxygens (including phenoxy) is 1. The number of hydrogen-bond donors (Lipinski definition) is 1. The molecule has 3 aromatic rings. The van der Waals surface area contributed by atoms with Gasteiger partial charge in [0.05, 0.1) is 45.3 Å². The Kier molecular flexibility index (Phi) is 7.47. The lowest BCUT2D eigenvalue weighted by Gasteiger charge is -2.21. The van der Waals surface area contributed by atoms with Crippen LogP contribution in [0.5, 0.6) is 5.75 Å². The first-order chi connectivity index (χ1) is 14.6. The van der Waals surface area contributed by atoms with Crippen molar-refractivity contribution in [3.63, 3.8) is 0 Å². The molecule has 166 valence electrons. The number of nitrogens with one attached hydrogen (secondary N) is 1. The second-order valence-electron chi connectivity index (χ2n) is 8.31. The van der Waals surface area contributed by atoms with Gasteiger partial charge in [0.1, 0.15) is 5.75 Å². The molecule has 2 unspecified atom stereocenters. The number of nitrogens with zero attached hydrogens (tertiary/aromatic N) is 2. The molecule has 2 aromatic carbocycles. The second kappa shape index (κ2) is 9.74. The molecule has 0 amide bonds. The average Bonchev–Trinajstić information content (AvgIpc) is 3.11. The van der Waals surface area contributed by atoms with Crippen LogP contribution in [0.3, 0.4) is 0 Å². The van der Waals surface area contributed by atoms with Crippen LogP contribution in [-0.4, -0.2) is 25.8 Å². The van der Waals surface area contributed by atoms with Crippen molar-refractivity contribution in [3.05, 3.63) is 75.5 Å². The first kappa shape index (κ1) is 23.8. The summed E-state index contributed by atoms with van der Waals surface area (Å²) < 4.78 is 22.4. The van der Waals surface area contributed by atoms with Gasteiger partial charge in [-0.25, -0.2) is 13.6 Å². The van der Waals surface area contributed by atoms with Gasteiger partial charge in [-0.3, -0.25) is 0 Å². The van der Waals surface area contributed by atoms with Gasteiger partial charge < -0.3 is 4.74 Å². The fourth-order valence-electron chi connectivity index (χ4n) is 2.99. The SMILES string of the molecule is COc1ccc(Cc2cc(C(C)NS(=O)C(C)(C)C)nn2-c2ccc(Cl)cc2Cl)cc1. The number of rotatable bonds is 7. The van der Waals surface area contributed by atoms with E-state index in [4.69, 9.17) is 33.0 Å². The van der Waals surface area contributed by atoms with Gasteiger partial charge in [-0.1, -0.05) is 35.3 Å². The molecule has 3 rings (SSSR count). The van der Waals surface area contributed by atoms with Crippen LogP contribution in [-0.2, 0) is 17.4 Å². The molecule has 31 heavy (non-hydrogen) atoms. The zero-order chi connectivity index (χ0) is 22.8. The maximum absolute atomic E-state index is 12.6. The van der Waals surface area contributed by atoms with Gasteiger partial charge in [0, 0.05) is 17.1 Å². The summed E-state index contributed by atoms with van der Waals surface area (Å²) in [4.78, 5) is 0. The minimum Gasteiger partial charge on any atom is -0.497 e. The summed E-state index contributed by atoms with van der Waals surface area (Å²) in [6.07, 6.45) is 0.644. The van der Waals surface area contributed by atoms with E-state index in [0.29, 0.717) is 16.5 Å². The van der Waals surface area contributed by atoms with Crippen LogP contribution in [0.15, 0.2) is 48.5 Å². The maximum atomic E-state index is 12.6. The highest BCUT2D eigenvalue weighted by molar-refractivity contribution is 7.84. The van der Waals surface area contributed by atoms with E-state index in [2.05, 4.69) is 4.72 Å². The Hall–Kier alpha value is -1.86. The van der Waals surface area contributed by atoms with Crippen molar-refractivity contribution in [1.82, 2.24) is 14.5 Å².